The maximum absolute atomic E-state index is 4.58. The molecule has 0 aromatic carbocycles. The Morgan fingerprint density at radius 1 is 0.261 bits per heavy atom. The quantitative estimate of drug-likeness (QED) is 0.0612. The Labute approximate surface area is 304 Å². The van der Waals surface area contributed by atoms with Crippen LogP contribution in [0.15, 0.2) is 0 Å². The number of quaternary nitrogens is 1. The van der Waals surface area contributed by atoms with Gasteiger partial charge in [0.1, 0.15) is 0 Å². The Hall–Kier alpha value is 0.440. The van der Waals surface area contributed by atoms with Crippen molar-refractivity contribution in [3.05, 3.63) is 0 Å². The highest BCUT2D eigenvalue weighted by atomic mass is 79.9. The van der Waals surface area contributed by atoms with Gasteiger partial charge in [-0.05, 0) is 19.3 Å². The number of halogens is 1. The van der Waals surface area contributed by atoms with Crippen LogP contribution < -0.4 is 22.7 Å². The van der Waals surface area contributed by atoms with E-state index in [2.05, 4.69) is 26.5 Å². The molecule has 0 aromatic heterocycles. The zero-order valence-corrected chi connectivity index (χ0v) is 34.5. The molecule has 0 aliphatic carbocycles. The monoisotopic (exact) mass is 714 g/mol. The highest BCUT2D eigenvalue weighted by Crippen LogP contribution is 2.36. The SMILES string of the molecule is CCCCCCCCCCCCCCC(C[NH3+])(CCCCCCCCCCCCCC)CCCCCCCCCCCCCC.[Br-]. The summed E-state index contributed by atoms with van der Waals surface area (Å²) in [6.45, 7) is 8.14. The van der Waals surface area contributed by atoms with Crippen LogP contribution in [0.3, 0.4) is 0 Å². The predicted octanol–water partition coefficient (Wildman–Crippen LogP) is 12.5. The van der Waals surface area contributed by atoms with Crippen LogP contribution in [0.5, 0.6) is 0 Å². The molecule has 280 valence electrons. The van der Waals surface area contributed by atoms with Gasteiger partial charge >= 0.3 is 0 Å². The second-order valence-electron chi connectivity index (χ2n) is 15.7. The Morgan fingerprint density at radius 2 is 0.413 bits per heavy atom. The zero-order chi connectivity index (χ0) is 32.8. The Balaban J connectivity index is 0. The fourth-order valence-electron chi connectivity index (χ4n) is 7.77. The van der Waals surface area contributed by atoms with Gasteiger partial charge in [0, 0.05) is 5.41 Å². The predicted molar refractivity (Wildman–Crippen MR) is 207 cm³/mol. The third-order valence-electron chi connectivity index (χ3n) is 11.2. The van der Waals surface area contributed by atoms with Crippen molar-refractivity contribution in [1.29, 1.82) is 0 Å². The topological polar surface area (TPSA) is 27.6 Å². The largest absolute Gasteiger partial charge is 1.00 e. The lowest BCUT2D eigenvalue weighted by Crippen LogP contribution is -3.00. The van der Waals surface area contributed by atoms with Crippen molar-refractivity contribution >= 4 is 0 Å². The fourth-order valence-corrected chi connectivity index (χ4v) is 7.77. The van der Waals surface area contributed by atoms with Crippen LogP contribution in [0.1, 0.15) is 271 Å². The molecule has 0 aliphatic rings. The molecule has 0 aromatic rings. The van der Waals surface area contributed by atoms with Gasteiger partial charge in [-0.3, -0.25) is 0 Å². The molecule has 46 heavy (non-hydrogen) atoms. The van der Waals surface area contributed by atoms with E-state index in [1.54, 1.807) is 0 Å². The van der Waals surface area contributed by atoms with Crippen molar-refractivity contribution in [1.82, 2.24) is 0 Å². The van der Waals surface area contributed by atoms with Crippen LogP contribution in [0.25, 0.3) is 0 Å². The van der Waals surface area contributed by atoms with Crippen LogP contribution in [0, 0.1) is 5.41 Å². The average molecular weight is 715 g/mol. The van der Waals surface area contributed by atoms with Crippen molar-refractivity contribution in [2.45, 2.75) is 271 Å². The number of rotatable bonds is 40. The summed E-state index contributed by atoms with van der Waals surface area (Å²) in [6, 6.07) is 0. The standard InChI is InChI=1S/C44H91N.BrH/c1-4-7-10-13-16-19-22-25-28-31-34-37-40-44(43-45,41-38-35-32-29-26-23-20-17-14-11-8-5-2)42-39-36-33-30-27-24-21-18-15-12-9-6-3;/h4-43,45H2,1-3H3;1H. The molecule has 0 fully saturated rings. The second-order valence-corrected chi connectivity index (χ2v) is 15.7. The molecule has 0 amide bonds. The molecule has 1 nitrogen and oxygen atoms in total. The van der Waals surface area contributed by atoms with Gasteiger partial charge in [0.05, 0.1) is 6.54 Å². The van der Waals surface area contributed by atoms with E-state index in [1.165, 1.54) is 257 Å². The summed E-state index contributed by atoms with van der Waals surface area (Å²) in [4.78, 5) is 0. The third-order valence-corrected chi connectivity index (χ3v) is 11.2. The lowest BCUT2D eigenvalue weighted by molar-refractivity contribution is -0.395. The molecular weight excluding hydrogens is 622 g/mol. The van der Waals surface area contributed by atoms with Crippen LogP contribution >= 0.6 is 0 Å². The molecule has 0 aliphatic heterocycles. The minimum absolute atomic E-state index is 0. The van der Waals surface area contributed by atoms with Crippen LogP contribution in [-0.4, -0.2) is 6.54 Å². The first kappa shape index (κ1) is 48.6. The fraction of sp³-hybridized carbons (Fsp3) is 1.00. The maximum Gasteiger partial charge on any atom is 0.0796 e. The summed E-state index contributed by atoms with van der Waals surface area (Å²) in [5.74, 6) is 0. The molecule has 0 spiro atoms. The lowest BCUT2D eigenvalue weighted by Gasteiger charge is -2.31. The first-order valence-corrected chi connectivity index (χ1v) is 22.0. The summed E-state index contributed by atoms with van der Waals surface area (Å²) in [5.41, 5.74) is 5.14. The van der Waals surface area contributed by atoms with Crippen molar-refractivity contribution in [3.63, 3.8) is 0 Å². The summed E-state index contributed by atoms with van der Waals surface area (Å²) in [5, 5.41) is 0. The zero-order valence-electron chi connectivity index (χ0n) is 32.9. The van der Waals surface area contributed by atoms with E-state index in [0.717, 1.165) is 0 Å². The van der Waals surface area contributed by atoms with Crippen molar-refractivity contribution in [2.75, 3.05) is 6.54 Å². The van der Waals surface area contributed by atoms with E-state index in [1.807, 2.05) is 0 Å². The van der Waals surface area contributed by atoms with Gasteiger partial charge in [0.2, 0.25) is 0 Å². The highest BCUT2D eigenvalue weighted by molar-refractivity contribution is 4.79. The molecule has 0 saturated carbocycles. The highest BCUT2D eigenvalue weighted by Gasteiger charge is 2.29. The van der Waals surface area contributed by atoms with Gasteiger partial charge < -0.3 is 22.7 Å². The van der Waals surface area contributed by atoms with Crippen LogP contribution in [0.4, 0.5) is 0 Å². The first-order chi connectivity index (χ1) is 22.2. The molecule has 0 rings (SSSR count). The second kappa shape index (κ2) is 41.6. The van der Waals surface area contributed by atoms with E-state index in [-0.39, 0.29) is 17.0 Å². The number of hydrogen-bond donors (Lipinski definition) is 1. The Kier molecular flexibility index (Phi) is 43.9. The third kappa shape index (κ3) is 35.7. The normalized spacial score (nSPS) is 11.7. The van der Waals surface area contributed by atoms with Crippen molar-refractivity contribution < 1.29 is 22.7 Å². The molecular formula is C44H92BrN. The van der Waals surface area contributed by atoms with Crippen LogP contribution in [0.2, 0.25) is 0 Å². The first-order valence-electron chi connectivity index (χ1n) is 22.0. The van der Waals surface area contributed by atoms with E-state index < -0.39 is 0 Å². The van der Waals surface area contributed by atoms with Crippen molar-refractivity contribution in [2.24, 2.45) is 5.41 Å². The molecule has 3 N–H and O–H groups in total. The van der Waals surface area contributed by atoms with E-state index in [9.17, 15) is 0 Å². The van der Waals surface area contributed by atoms with Gasteiger partial charge in [-0.1, -0.05) is 252 Å². The maximum atomic E-state index is 4.58. The van der Waals surface area contributed by atoms with E-state index >= 15 is 0 Å². The summed E-state index contributed by atoms with van der Waals surface area (Å²) in [7, 11) is 0. The lowest BCUT2D eigenvalue weighted by atomic mass is 9.74. The van der Waals surface area contributed by atoms with E-state index in [4.69, 9.17) is 0 Å². The van der Waals surface area contributed by atoms with E-state index in [0.29, 0.717) is 5.41 Å². The van der Waals surface area contributed by atoms with Gasteiger partial charge in [0.25, 0.3) is 0 Å². The minimum Gasteiger partial charge on any atom is -1.00 e. The minimum atomic E-state index is 0. The van der Waals surface area contributed by atoms with Crippen LogP contribution in [-0.2, 0) is 0 Å². The van der Waals surface area contributed by atoms with Gasteiger partial charge in [-0.25, -0.2) is 0 Å². The average Bonchev–Trinajstić information content (AvgIpc) is 3.05. The summed E-state index contributed by atoms with van der Waals surface area (Å²) < 4.78 is 0. The molecule has 0 unspecified atom stereocenters. The smallest absolute Gasteiger partial charge is 0.0796 e. The number of unbranched alkanes of at least 4 members (excludes halogenated alkanes) is 33. The summed E-state index contributed by atoms with van der Waals surface area (Å²) >= 11 is 0. The molecule has 0 saturated heterocycles. The molecule has 2 heteroatoms. The summed E-state index contributed by atoms with van der Waals surface area (Å²) in [6.07, 6.45) is 57.0. The molecule has 0 atom stereocenters. The molecule has 0 heterocycles. The van der Waals surface area contributed by atoms with Gasteiger partial charge in [0.15, 0.2) is 0 Å². The Bertz CT molecular complexity index is 451. The number of hydrogen-bond acceptors (Lipinski definition) is 0. The van der Waals surface area contributed by atoms with Gasteiger partial charge in [-0.15, -0.1) is 0 Å². The molecule has 0 bridgehead atoms. The Morgan fingerprint density at radius 3 is 0.565 bits per heavy atom. The van der Waals surface area contributed by atoms with Crippen molar-refractivity contribution in [3.8, 4) is 0 Å². The van der Waals surface area contributed by atoms with Gasteiger partial charge in [-0.2, -0.15) is 0 Å². The molecule has 0 radical (unpaired) electrons.